The van der Waals surface area contributed by atoms with Crippen LogP contribution >= 0.6 is 0 Å². The van der Waals surface area contributed by atoms with Gasteiger partial charge in [-0.15, -0.1) is 0 Å². The van der Waals surface area contributed by atoms with Crippen molar-refractivity contribution in [1.82, 2.24) is 15.2 Å². The fourth-order valence-corrected chi connectivity index (χ4v) is 3.79. The van der Waals surface area contributed by atoms with Gasteiger partial charge < -0.3 is 19.9 Å². The summed E-state index contributed by atoms with van der Waals surface area (Å²) < 4.78 is 6.42. The second-order valence-corrected chi connectivity index (χ2v) is 8.31. The first-order chi connectivity index (χ1) is 14.2. The van der Waals surface area contributed by atoms with Crippen LogP contribution < -0.4 is 16.2 Å². The van der Waals surface area contributed by atoms with Gasteiger partial charge in [-0.3, -0.25) is 14.4 Å². The summed E-state index contributed by atoms with van der Waals surface area (Å²) in [5, 5.41) is 5.36. The lowest BCUT2D eigenvalue weighted by molar-refractivity contribution is -0.146. The first kappa shape index (κ1) is 23.6. The average molecular weight is 420 g/mol. The number of rotatable bonds is 7. The number of methoxy groups -OCH3 is 1. The zero-order chi connectivity index (χ0) is 22.3. The molecule has 0 fully saturated rings. The van der Waals surface area contributed by atoms with Gasteiger partial charge in [-0.1, -0.05) is 12.8 Å². The van der Waals surface area contributed by atoms with Gasteiger partial charge in [-0.05, 0) is 57.6 Å². The van der Waals surface area contributed by atoms with Crippen LogP contribution in [0.1, 0.15) is 74.5 Å². The van der Waals surface area contributed by atoms with Gasteiger partial charge in [-0.25, -0.2) is 4.79 Å². The Bertz CT molecular complexity index is 857. The molecule has 1 aliphatic carbocycles. The van der Waals surface area contributed by atoms with Crippen LogP contribution in [0.25, 0.3) is 0 Å². The number of esters is 1. The molecule has 0 atom stereocenters. The van der Waals surface area contributed by atoms with Crippen molar-refractivity contribution in [1.29, 1.82) is 0 Å². The third-order valence-corrected chi connectivity index (χ3v) is 5.40. The number of fused-ring (bicyclic) bond motifs is 1. The van der Waals surface area contributed by atoms with Gasteiger partial charge in [0.15, 0.2) is 0 Å². The highest BCUT2D eigenvalue weighted by Gasteiger charge is 2.32. The number of nitrogens with one attached hydrogen (secondary N) is 2. The van der Waals surface area contributed by atoms with Crippen LogP contribution in [0, 0.1) is 0 Å². The molecule has 2 N–H and O–H groups in total. The number of pyridine rings is 1. The maximum absolute atomic E-state index is 13.2. The first-order valence-electron chi connectivity index (χ1n) is 10.6. The number of aromatic nitrogens is 1. The molecular weight excluding hydrogens is 386 g/mol. The molecule has 0 bridgehead atoms. The Morgan fingerprint density at radius 1 is 1.13 bits per heavy atom. The summed E-state index contributed by atoms with van der Waals surface area (Å²) in [6.45, 7) is 5.41. The Morgan fingerprint density at radius 3 is 2.43 bits per heavy atom. The summed E-state index contributed by atoms with van der Waals surface area (Å²) in [5.74, 6) is -1.29. The standard InChI is InChI=1S/C22H33N3O5/c1-15(26)23-12-9-13-25-18-11-8-6-5-7-10-16(18)14-17(20(25)28)19(27)24-22(2,3)21(29)30-4/h14H,5-13H2,1-4H3,(H,23,26)(H,24,27). The molecule has 8 heteroatoms. The molecule has 2 amide bonds. The highest BCUT2D eigenvalue weighted by molar-refractivity contribution is 5.97. The minimum absolute atomic E-state index is 0.0332. The van der Waals surface area contributed by atoms with Crippen LogP contribution in [0.3, 0.4) is 0 Å². The van der Waals surface area contributed by atoms with Crippen molar-refractivity contribution < 1.29 is 19.1 Å². The minimum Gasteiger partial charge on any atom is -0.467 e. The highest BCUT2D eigenvalue weighted by atomic mass is 16.5. The maximum Gasteiger partial charge on any atom is 0.330 e. The van der Waals surface area contributed by atoms with Gasteiger partial charge in [0.1, 0.15) is 11.1 Å². The number of hydrogen-bond acceptors (Lipinski definition) is 5. The van der Waals surface area contributed by atoms with E-state index in [1.165, 1.54) is 27.9 Å². The Balaban J connectivity index is 2.40. The van der Waals surface area contributed by atoms with Crippen LogP contribution in [0.5, 0.6) is 0 Å². The van der Waals surface area contributed by atoms with Gasteiger partial charge in [0, 0.05) is 25.7 Å². The zero-order valence-corrected chi connectivity index (χ0v) is 18.4. The molecule has 0 aromatic carbocycles. The predicted molar refractivity (Wildman–Crippen MR) is 113 cm³/mol. The number of hydrogen-bond donors (Lipinski definition) is 2. The van der Waals surface area contributed by atoms with Gasteiger partial charge in [-0.2, -0.15) is 0 Å². The lowest BCUT2D eigenvalue weighted by Gasteiger charge is -2.24. The third kappa shape index (κ3) is 5.93. The number of carbonyl (C=O) groups excluding carboxylic acids is 3. The Kier molecular flexibility index (Phi) is 8.20. The van der Waals surface area contributed by atoms with E-state index in [1.54, 1.807) is 10.6 Å². The first-order valence-corrected chi connectivity index (χ1v) is 10.6. The molecule has 1 aromatic heterocycles. The second-order valence-electron chi connectivity index (χ2n) is 8.31. The summed E-state index contributed by atoms with van der Waals surface area (Å²) in [5.41, 5.74) is 0.404. The molecule has 1 heterocycles. The molecule has 1 aromatic rings. The molecule has 166 valence electrons. The molecule has 0 radical (unpaired) electrons. The van der Waals surface area contributed by atoms with Gasteiger partial charge >= 0.3 is 5.97 Å². The van der Waals surface area contributed by atoms with E-state index in [0.29, 0.717) is 19.5 Å². The van der Waals surface area contributed by atoms with Crippen molar-refractivity contribution >= 4 is 17.8 Å². The fraction of sp³-hybridized carbons (Fsp3) is 0.636. The van der Waals surface area contributed by atoms with Crippen molar-refractivity contribution in [2.45, 2.75) is 77.8 Å². The molecule has 0 unspecified atom stereocenters. The number of carbonyl (C=O) groups is 3. The van der Waals surface area contributed by atoms with E-state index in [0.717, 1.165) is 49.8 Å². The average Bonchev–Trinajstić information content (AvgIpc) is 2.66. The van der Waals surface area contributed by atoms with Crippen LogP contribution in [-0.2, 0) is 33.7 Å². The van der Waals surface area contributed by atoms with E-state index in [2.05, 4.69) is 10.6 Å². The Labute approximate surface area is 177 Å². The lowest BCUT2D eigenvalue weighted by Crippen LogP contribution is -2.51. The highest BCUT2D eigenvalue weighted by Crippen LogP contribution is 2.21. The molecule has 8 nitrogen and oxygen atoms in total. The van der Waals surface area contributed by atoms with E-state index in [-0.39, 0.29) is 17.0 Å². The monoisotopic (exact) mass is 419 g/mol. The number of nitrogens with zero attached hydrogens (tertiary/aromatic N) is 1. The van der Waals surface area contributed by atoms with Crippen LogP contribution in [0.2, 0.25) is 0 Å². The summed E-state index contributed by atoms with van der Waals surface area (Å²) >= 11 is 0. The predicted octanol–water partition coefficient (Wildman–Crippen LogP) is 1.71. The molecular formula is C22H33N3O5. The molecule has 0 aliphatic heterocycles. The normalized spacial score (nSPS) is 14.1. The van der Waals surface area contributed by atoms with E-state index in [4.69, 9.17) is 4.74 Å². The third-order valence-electron chi connectivity index (χ3n) is 5.40. The largest absolute Gasteiger partial charge is 0.467 e. The Morgan fingerprint density at radius 2 is 1.80 bits per heavy atom. The SMILES string of the molecule is COC(=O)C(C)(C)NC(=O)c1cc2c(n(CCCNC(C)=O)c1=O)CCCCCC2. The van der Waals surface area contributed by atoms with Crippen molar-refractivity contribution in [3.63, 3.8) is 0 Å². The van der Waals surface area contributed by atoms with Crippen molar-refractivity contribution in [2.75, 3.05) is 13.7 Å². The van der Waals surface area contributed by atoms with E-state index in [1.807, 2.05) is 0 Å². The van der Waals surface area contributed by atoms with E-state index >= 15 is 0 Å². The fourth-order valence-electron chi connectivity index (χ4n) is 3.79. The molecule has 30 heavy (non-hydrogen) atoms. The number of amides is 2. The number of aryl methyl sites for hydroxylation is 1. The van der Waals surface area contributed by atoms with Gasteiger partial charge in [0.25, 0.3) is 11.5 Å². The van der Waals surface area contributed by atoms with Crippen molar-refractivity contribution in [3.8, 4) is 0 Å². The van der Waals surface area contributed by atoms with E-state index in [9.17, 15) is 19.2 Å². The molecule has 1 aliphatic rings. The van der Waals surface area contributed by atoms with Crippen LogP contribution in [-0.4, -0.2) is 41.5 Å². The molecule has 0 saturated carbocycles. The van der Waals surface area contributed by atoms with Crippen molar-refractivity contribution in [3.05, 3.63) is 33.2 Å². The quantitative estimate of drug-likeness (QED) is 0.517. The molecule has 0 spiro atoms. The molecule has 2 rings (SSSR count). The van der Waals surface area contributed by atoms with Crippen molar-refractivity contribution in [2.24, 2.45) is 0 Å². The smallest absolute Gasteiger partial charge is 0.330 e. The van der Waals surface area contributed by atoms with Gasteiger partial charge in [0.05, 0.1) is 7.11 Å². The van der Waals surface area contributed by atoms with E-state index < -0.39 is 17.4 Å². The summed E-state index contributed by atoms with van der Waals surface area (Å²) in [6, 6.07) is 1.69. The summed E-state index contributed by atoms with van der Waals surface area (Å²) in [6.07, 6.45) is 6.44. The number of ether oxygens (including phenoxy) is 1. The lowest BCUT2D eigenvalue weighted by atomic mass is 9.95. The summed E-state index contributed by atoms with van der Waals surface area (Å²) in [7, 11) is 1.25. The minimum atomic E-state index is -1.25. The zero-order valence-electron chi connectivity index (χ0n) is 18.4. The van der Waals surface area contributed by atoms with Crippen LogP contribution in [0.4, 0.5) is 0 Å². The van der Waals surface area contributed by atoms with Gasteiger partial charge in [0.2, 0.25) is 5.91 Å². The Hall–Kier alpha value is -2.64. The topological polar surface area (TPSA) is 106 Å². The van der Waals surface area contributed by atoms with Crippen LogP contribution in [0.15, 0.2) is 10.9 Å². The second kappa shape index (κ2) is 10.4. The molecule has 0 saturated heterocycles. The summed E-state index contributed by atoms with van der Waals surface area (Å²) in [4.78, 5) is 49.2. The maximum atomic E-state index is 13.2.